The third-order valence-corrected chi connectivity index (χ3v) is 7.79. The Morgan fingerprint density at radius 2 is 1.92 bits per heavy atom. The van der Waals surface area contributed by atoms with Gasteiger partial charge in [0.1, 0.15) is 23.9 Å². The van der Waals surface area contributed by atoms with Gasteiger partial charge in [0.15, 0.2) is 17.1 Å². The summed E-state index contributed by atoms with van der Waals surface area (Å²) in [5, 5.41) is 8.38. The van der Waals surface area contributed by atoms with E-state index in [0.29, 0.717) is 57.9 Å². The number of likely N-dealkylation sites (tertiary alicyclic amines) is 2. The number of carbonyl (C=O) groups excluding carboxylic acids is 1. The zero-order valence-electron chi connectivity index (χ0n) is 22.6. The van der Waals surface area contributed by atoms with Crippen LogP contribution in [0.15, 0.2) is 18.5 Å². The van der Waals surface area contributed by atoms with Gasteiger partial charge in [-0.3, -0.25) is 10.2 Å². The average molecular weight is 538 g/mol. The molecule has 39 heavy (non-hydrogen) atoms. The fourth-order valence-electron chi connectivity index (χ4n) is 5.56. The molecule has 2 saturated heterocycles. The molecule has 1 amide bonds. The van der Waals surface area contributed by atoms with Crippen molar-refractivity contribution in [2.45, 2.75) is 31.5 Å². The number of hydrogen-bond donors (Lipinski definition) is 2. The quantitative estimate of drug-likeness (QED) is 0.456. The molecule has 2 aromatic heterocycles. The second-order valence-corrected chi connectivity index (χ2v) is 10.7. The molecular weight excluding hydrogens is 502 g/mol. The van der Waals surface area contributed by atoms with Crippen LogP contribution >= 0.6 is 0 Å². The van der Waals surface area contributed by atoms with Gasteiger partial charge >= 0.3 is 6.09 Å². The number of fused-ring (bicyclic) bond motifs is 2. The summed E-state index contributed by atoms with van der Waals surface area (Å²) in [5.74, 6) is 1.26. The maximum Gasteiger partial charge on any atom is 0.412 e. The molecule has 5 heterocycles. The second-order valence-electron chi connectivity index (χ2n) is 10.7. The molecule has 0 atom stereocenters. The van der Waals surface area contributed by atoms with E-state index in [1.54, 1.807) is 6.07 Å². The van der Waals surface area contributed by atoms with E-state index < -0.39 is 6.09 Å². The molecule has 208 valence electrons. The minimum Gasteiger partial charge on any atom is -0.453 e. The number of nitrogens with zero attached hydrogens (tertiary/aromatic N) is 7. The SMILES string of the molecule is CN1CC(OC(=O)Nc2ccc(-c3nn(CCN4CCC(N(C)C)CC4)c4ncnc(N)c34)c3c2OCO3)C1. The van der Waals surface area contributed by atoms with Crippen molar-refractivity contribution in [1.29, 1.82) is 0 Å². The fraction of sp³-hybridized carbons (Fsp3) is 0.538. The molecule has 0 spiro atoms. The molecular formula is C26H35N9O4. The standard InChI is InChI=1S/C26H35N9O4/c1-32(2)16-6-8-34(9-7-16)10-11-35-25-20(24(27)28-14-29-25)21(31-35)18-4-5-19(23-22(18)37-15-38-23)30-26(36)39-17-12-33(3)13-17/h4-5,14,16-17H,6-13,15H2,1-3H3,(H,30,36)(H2,27,28,29). The minimum atomic E-state index is -0.527. The summed E-state index contributed by atoms with van der Waals surface area (Å²) in [6.45, 7) is 5.10. The van der Waals surface area contributed by atoms with Gasteiger partial charge < -0.3 is 29.7 Å². The van der Waals surface area contributed by atoms with E-state index in [1.165, 1.54) is 6.33 Å². The highest BCUT2D eigenvalue weighted by molar-refractivity contribution is 6.01. The predicted octanol–water partition coefficient (Wildman–Crippen LogP) is 1.69. The van der Waals surface area contributed by atoms with Crippen LogP contribution in [0.1, 0.15) is 12.8 Å². The van der Waals surface area contributed by atoms with Crippen molar-refractivity contribution in [3.8, 4) is 22.8 Å². The van der Waals surface area contributed by atoms with Crippen LogP contribution in [0.3, 0.4) is 0 Å². The van der Waals surface area contributed by atoms with Crippen LogP contribution in [0.2, 0.25) is 0 Å². The second kappa shape index (κ2) is 10.5. The normalized spacial score (nSPS) is 18.6. The number of piperidine rings is 1. The van der Waals surface area contributed by atoms with E-state index in [1.807, 2.05) is 17.8 Å². The maximum atomic E-state index is 12.5. The number of likely N-dealkylation sites (N-methyl/N-ethyl adjacent to an activating group) is 1. The van der Waals surface area contributed by atoms with Crippen LogP contribution in [0, 0.1) is 0 Å². The number of nitrogens with one attached hydrogen (secondary N) is 1. The number of aromatic nitrogens is 4. The molecule has 0 aliphatic carbocycles. The van der Waals surface area contributed by atoms with Crippen LogP contribution in [0.5, 0.6) is 11.5 Å². The summed E-state index contributed by atoms with van der Waals surface area (Å²) in [5.41, 5.74) is 8.79. The third-order valence-electron chi connectivity index (χ3n) is 7.79. The summed E-state index contributed by atoms with van der Waals surface area (Å²) in [4.78, 5) is 28.1. The Hall–Kier alpha value is -3.68. The number of ether oxygens (including phenoxy) is 3. The Balaban J connectivity index is 1.24. The smallest absolute Gasteiger partial charge is 0.412 e. The molecule has 0 saturated carbocycles. The molecule has 3 aliphatic heterocycles. The molecule has 13 heteroatoms. The van der Waals surface area contributed by atoms with Gasteiger partial charge in [-0.25, -0.2) is 19.4 Å². The zero-order valence-corrected chi connectivity index (χ0v) is 22.6. The molecule has 6 rings (SSSR count). The van der Waals surface area contributed by atoms with Crippen molar-refractivity contribution >= 4 is 28.6 Å². The number of carbonyl (C=O) groups is 1. The highest BCUT2D eigenvalue weighted by atomic mass is 16.7. The van der Waals surface area contributed by atoms with Crippen LogP contribution in [0.25, 0.3) is 22.3 Å². The largest absolute Gasteiger partial charge is 0.453 e. The fourth-order valence-corrected chi connectivity index (χ4v) is 5.56. The van der Waals surface area contributed by atoms with Crippen molar-refractivity contribution < 1.29 is 19.0 Å². The summed E-state index contributed by atoms with van der Waals surface area (Å²) in [7, 11) is 6.27. The molecule has 3 aliphatic rings. The van der Waals surface area contributed by atoms with Crippen molar-refractivity contribution in [3.05, 3.63) is 18.5 Å². The van der Waals surface area contributed by atoms with Crippen LogP contribution in [-0.4, -0.2) is 113 Å². The van der Waals surface area contributed by atoms with Gasteiger partial charge in [0.25, 0.3) is 0 Å². The Morgan fingerprint density at radius 1 is 1.15 bits per heavy atom. The van der Waals surface area contributed by atoms with Gasteiger partial charge in [-0.2, -0.15) is 5.10 Å². The number of hydrogen-bond acceptors (Lipinski definition) is 11. The van der Waals surface area contributed by atoms with Crippen molar-refractivity contribution in [2.75, 3.05) is 71.7 Å². The first-order valence-electron chi connectivity index (χ1n) is 13.3. The van der Waals surface area contributed by atoms with Crippen molar-refractivity contribution in [3.63, 3.8) is 0 Å². The van der Waals surface area contributed by atoms with Crippen molar-refractivity contribution in [2.24, 2.45) is 0 Å². The number of benzene rings is 1. The first kappa shape index (κ1) is 25.6. The van der Waals surface area contributed by atoms with Gasteiger partial charge in [0.05, 0.1) is 17.6 Å². The summed E-state index contributed by atoms with van der Waals surface area (Å²) in [6, 6.07) is 4.23. The van der Waals surface area contributed by atoms with Gasteiger partial charge in [-0.1, -0.05) is 0 Å². The maximum absolute atomic E-state index is 12.5. The van der Waals surface area contributed by atoms with E-state index in [-0.39, 0.29) is 12.9 Å². The average Bonchev–Trinajstić information content (AvgIpc) is 3.54. The molecule has 3 aromatic rings. The van der Waals surface area contributed by atoms with Gasteiger partial charge in [-0.05, 0) is 59.2 Å². The van der Waals surface area contributed by atoms with Crippen LogP contribution in [0.4, 0.5) is 16.3 Å². The monoisotopic (exact) mass is 537 g/mol. The molecule has 3 N–H and O–H groups in total. The lowest BCUT2D eigenvalue weighted by atomic mass is 10.0. The Morgan fingerprint density at radius 3 is 2.67 bits per heavy atom. The van der Waals surface area contributed by atoms with E-state index in [0.717, 1.165) is 45.6 Å². The molecule has 2 fully saturated rings. The first-order chi connectivity index (χ1) is 18.9. The number of amides is 1. The first-order valence-corrected chi connectivity index (χ1v) is 13.3. The Labute approximate surface area is 226 Å². The van der Waals surface area contributed by atoms with Gasteiger partial charge in [0.2, 0.25) is 6.79 Å². The lowest BCUT2D eigenvalue weighted by Gasteiger charge is -2.35. The lowest BCUT2D eigenvalue weighted by molar-refractivity contribution is 0.00680. The predicted molar refractivity (Wildman–Crippen MR) is 146 cm³/mol. The molecule has 0 bridgehead atoms. The summed E-state index contributed by atoms with van der Waals surface area (Å²) in [6.07, 6.45) is 3.13. The number of rotatable bonds is 7. The molecule has 0 unspecified atom stereocenters. The summed E-state index contributed by atoms with van der Waals surface area (Å²) < 4.78 is 19.0. The molecule has 1 aromatic carbocycles. The number of nitrogens with two attached hydrogens (primary N) is 1. The van der Waals surface area contributed by atoms with Gasteiger partial charge in [-0.15, -0.1) is 0 Å². The van der Waals surface area contributed by atoms with E-state index >= 15 is 0 Å². The summed E-state index contributed by atoms with van der Waals surface area (Å²) >= 11 is 0. The van der Waals surface area contributed by atoms with E-state index in [2.05, 4.69) is 44.1 Å². The Bertz CT molecular complexity index is 1360. The highest BCUT2D eigenvalue weighted by Gasteiger charge is 2.30. The van der Waals surface area contributed by atoms with E-state index in [9.17, 15) is 4.79 Å². The lowest BCUT2D eigenvalue weighted by Crippen LogP contribution is -2.50. The zero-order chi connectivity index (χ0) is 27.1. The number of nitrogen functional groups attached to an aromatic ring is 1. The topological polar surface area (TPSA) is 136 Å². The highest BCUT2D eigenvalue weighted by Crippen LogP contribution is 2.47. The van der Waals surface area contributed by atoms with Gasteiger partial charge in [0, 0.05) is 31.2 Å². The molecule has 13 nitrogen and oxygen atoms in total. The minimum absolute atomic E-state index is 0.0248. The third kappa shape index (κ3) is 5.04. The van der Waals surface area contributed by atoms with Crippen LogP contribution in [-0.2, 0) is 11.3 Å². The Kier molecular flexibility index (Phi) is 6.87. The number of anilines is 2. The van der Waals surface area contributed by atoms with Crippen molar-refractivity contribution in [1.82, 2.24) is 34.4 Å². The molecule has 0 radical (unpaired) electrons. The van der Waals surface area contributed by atoms with Crippen LogP contribution < -0.4 is 20.5 Å². The van der Waals surface area contributed by atoms with E-state index in [4.69, 9.17) is 25.0 Å².